The largest absolute Gasteiger partial charge is 0.376 e. The molecule has 0 aliphatic carbocycles. The number of hydrogen-bond acceptors (Lipinski definition) is 3. The van der Waals surface area contributed by atoms with Gasteiger partial charge in [0.05, 0.1) is 39.6 Å². The normalized spacial score (nSPS) is 9.88. The van der Waals surface area contributed by atoms with Crippen LogP contribution in [0.25, 0.3) is 0 Å². The van der Waals surface area contributed by atoms with Gasteiger partial charge in [0.1, 0.15) is 0 Å². The summed E-state index contributed by atoms with van der Waals surface area (Å²) in [4.78, 5) is 0. The van der Waals surface area contributed by atoms with Crippen LogP contribution >= 0.6 is 0 Å². The van der Waals surface area contributed by atoms with Crippen LogP contribution in [0.5, 0.6) is 0 Å². The Morgan fingerprint density at radius 1 is 0.583 bits per heavy atom. The van der Waals surface area contributed by atoms with E-state index in [1.54, 1.807) is 0 Å². The van der Waals surface area contributed by atoms with Crippen molar-refractivity contribution in [2.75, 3.05) is 19.8 Å². The fourth-order valence-electron chi connectivity index (χ4n) is 2.05. The van der Waals surface area contributed by atoms with Gasteiger partial charge in [-0.05, 0) is 16.7 Å². The molecule has 126 valence electrons. The summed E-state index contributed by atoms with van der Waals surface area (Å²) in [5.74, 6) is 7.68. The molecule has 0 aliphatic rings. The van der Waals surface area contributed by atoms with E-state index >= 15 is 0 Å². The van der Waals surface area contributed by atoms with Crippen LogP contribution in [0.2, 0.25) is 0 Å². The highest BCUT2D eigenvalue weighted by Crippen LogP contribution is 2.14. The number of rotatable bonds is 12. The van der Waals surface area contributed by atoms with Crippen LogP contribution in [-0.4, -0.2) is 19.8 Å². The molecule has 0 aromatic heterocycles. The zero-order valence-electron chi connectivity index (χ0n) is 14.1. The molecule has 0 atom stereocenters. The fraction of sp³-hybridized carbons (Fsp3) is 0.429. The second-order valence-corrected chi connectivity index (χ2v) is 5.18. The van der Waals surface area contributed by atoms with E-state index in [2.05, 4.69) is 36.0 Å². The van der Waals surface area contributed by atoms with Gasteiger partial charge in [0.2, 0.25) is 0 Å². The average Bonchev–Trinajstić information content (AvgIpc) is 2.59. The molecular weight excluding hydrogens is 300 g/mol. The van der Waals surface area contributed by atoms with Gasteiger partial charge < -0.3 is 14.2 Å². The van der Waals surface area contributed by atoms with E-state index < -0.39 is 0 Å². The average molecular weight is 324 g/mol. The summed E-state index contributed by atoms with van der Waals surface area (Å²) in [6.07, 6.45) is 17.5. The van der Waals surface area contributed by atoms with Crippen LogP contribution in [-0.2, 0) is 34.0 Å². The summed E-state index contributed by atoms with van der Waals surface area (Å²) in [5.41, 5.74) is 3.21. The second kappa shape index (κ2) is 13.2. The maximum Gasteiger partial charge on any atom is 0.0717 e. The Morgan fingerprint density at radius 2 is 0.875 bits per heavy atom. The Labute approximate surface area is 145 Å². The van der Waals surface area contributed by atoms with Crippen molar-refractivity contribution < 1.29 is 14.2 Å². The minimum absolute atomic E-state index is 0.511. The lowest BCUT2D eigenvalue weighted by Gasteiger charge is -2.11. The van der Waals surface area contributed by atoms with Gasteiger partial charge in [0.25, 0.3) is 0 Å². The predicted molar refractivity (Wildman–Crippen MR) is 95.8 cm³/mol. The standard InChI is InChI=1S/C21H24O3/c1-4-7-10-22-16-19-13-20(17-23-11-8-5-2)15-21(14-19)18-24-12-9-6-3/h1-3,13-15H,7-12,16-18H2. The molecule has 1 rings (SSSR count). The topological polar surface area (TPSA) is 27.7 Å². The van der Waals surface area contributed by atoms with Crippen molar-refractivity contribution in [1.29, 1.82) is 0 Å². The van der Waals surface area contributed by atoms with E-state index in [1.807, 2.05) is 0 Å². The van der Waals surface area contributed by atoms with Crippen LogP contribution < -0.4 is 0 Å². The summed E-state index contributed by atoms with van der Waals surface area (Å²) in [6.45, 7) is 3.18. The van der Waals surface area contributed by atoms with Gasteiger partial charge in [0, 0.05) is 19.3 Å². The number of benzene rings is 1. The quantitative estimate of drug-likeness (QED) is 0.436. The van der Waals surface area contributed by atoms with Crippen LogP contribution in [0.15, 0.2) is 18.2 Å². The lowest BCUT2D eigenvalue weighted by Crippen LogP contribution is -2.02. The predicted octanol–water partition coefficient (Wildman–Crippen LogP) is 3.31. The van der Waals surface area contributed by atoms with E-state index in [0.717, 1.165) is 16.7 Å². The Balaban J connectivity index is 2.64. The van der Waals surface area contributed by atoms with E-state index in [0.29, 0.717) is 58.9 Å². The van der Waals surface area contributed by atoms with E-state index in [-0.39, 0.29) is 0 Å². The molecule has 0 amide bonds. The Hall–Kier alpha value is -2.22. The summed E-state index contributed by atoms with van der Waals surface area (Å²) < 4.78 is 16.7. The molecule has 0 saturated carbocycles. The fourth-order valence-corrected chi connectivity index (χ4v) is 2.05. The second-order valence-electron chi connectivity index (χ2n) is 5.18. The molecule has 1 aromatic carbocycles. The summed E-state index contributed by atoms with van der Waals surface area (Å²) in [6, 6.07) is 6.20. The van der Waals surface area contributed by atoms with E-state index in [1.165, 1.54) is 0 Å². The zero-order valence-corrected chi connectivity index (χ0v) is 14.1. The van der Waals surface area contributed by atoms with E-state index in [4.69, 9.17) is 33.5 Å². The molecule has 0 bridgehead atoms. The van der Waals surface area contributed by atoms with Crippen molar-refractivity contribution in [1.82, 2.24) is 0 Å². The van der Waals surface area contributed by atoms with Crippen LogP contribution in [0.1, 0.15) is 36.0 Å². The third kappa shape index (κ3) is 9.04. The smallest absolute Gasteiger partial charge is 0.0717 e. The molecule has 24 heavy (non-hydrogen) atoms. The molecule has 3 nitrogen and oxygen atoms in total. The lowest BCUT2D eigenvalue weighted by molar-refractivity contribution is 0.118. The van der Waals surface area contributed by atoms with Crippen molar-refractivity contribution in [2.24, 2.45) is 0 Å². The molecule has 3 heteroatoms. The van der Waals surface area contributed by atoms with Gasteiger partial charge in [-0.1, -0.05) is 18.2 Å². The number of hydrogen-bond donors (Lipinski definition) is 0. The molecule has 0 spiro atoms. The minimum Gasteiger partial charge on any atom is -0.376 e. The molecular formula is C21H24O3. The third-order valence-corrected chi connectivity index (χ3v) is 3.09. The zero-order chi connectivity index (χ0) is 17.5. The molecule has 0 heterocycles. The van der Waals surface area contributed by atoms with Crippen molar-refractivity contribution >= 4 is 0 Å². The molecule has 0 fully saturated rings. The maximum atomic E-state index is 5.58. The van der Waals surface area contributed by atoms with Gasteiger partial charge in [0.15, 0.2) is 0 Å². The molecule has 0 saturated heterocycles. The van der Waals surface area contributed by atoms with Gasteiger partial charge in [-0.2, -0.15) is 0 Å². The Bertz CT molecular complexity index is 501. The van der Waals surface area contributed by atoms with Crippen LogP contribution in [0.3, 0.4) is 0 Å². The maximum absolute atomic E-state index is 5.58. The van der Waals surface area contributed by atoms with Crippen molar-refractivity contribution in [2.45, 2.75) is 39.1 Å². The molecule has 0 radical (unpaired) electrons. The van der Waals surface area contributed by atoms with Crippen molar-refractivity contribution in [3.63, 3.8) is 0 Å². The van der Waals surface area contributed by atoms with E-state index in [9.17, 15) is 0 Å². The minimum atomic E-state index is 0.511. The molecule has 1 aromatic rings. The number of terminal acetylenes is 3. The first kappa shape index (κ1) is 19.8. The Morgan fingerprint density at radius 3 is 1.12 bits per heavy atom. The SMILES string of the molecule is C#CCCOCc1cc(COCCC#C)cc(COCCC#C)c1. The number of ether oxygens (including phenoxy) is 3. The van der Waals surface area contributed by atoms with Crippen molar-refractivity contribution in [3.05, 3.63) is 34.9 Å². The van der Waals surface area contributed by atoms with Crippen LogP contribution in [0, 0.1) is 37.0 Å². The first-order chi connectivity index (χ1) is 11.8. The molecule has 0 unspecified atom stereocenters. The summed E-state index contributed by atoms with van der Waals surface area (Å²) in [7, 11) is 0. The van der Waals surface area contributed by atoms with Gasteiger partial charge in [-0.3, -0.25) is 0 Å². The molecule has 0 aliphatic heterocycles. The first-order valence-corrected chi connectivity index (χ1v) is 7.95. The lowest BCUT2D eigenvalue weighted by atomic mass is 10.1. The highest BCUT2D eigenvalue weighted by atomic mass is 16.5. The molecule has 0 N–H and O–H groups in total. The van der Waals surface area contributed by atoms with Gasteiger partial charge >= 0.3 is 0 Å². The highest BCUT2D eigenvalue weighted by molar-refractivity contribution is 5.29. The monoisotopic (exact) mass is 324 g/mol. The Kier molecular flexibility index (Phi) is 10.9. The third-order valence-electron chi connectivity index (χ3n) is 3.09. The van der Waals surface area contributed by atoms with Gasteiger partial charge in [-0.25, -0.2) is 0 Å². The highest BCUT2D eigenvalue weighted by Gasteiger charge is 2.03. The summed E-state index contributed by atoms with van der Waals surface area (Å²) >= 11 is 0. The first-order valence-electron chi connectivity index (χ1n) is 7.95. The van der Waals surface area contributed by atoms with Crippen molar-refractivity contribution in [3.8, 4) is 37.0 Å². The summed E-state index contributed by atoms with van der Waals surface area (Å²) in [5, 5.41) is 0. The van der Waals surface area contributed by atoms with Gasteiger partial charge in [-0.15, -0.1) is 37.0 Å². The van der Waals surface area contributed by atoms with Crippen LogP contribution in [0.4, 0.5) is 0 Å².